The second kappa shape index (κ2) is 6.95. The topological polar surface area (TPSA) is 86.9 Å². The zero-order valence-corrected chi connectivity index (χ0v) is 15.5. The van der Waals surface area contributed by atoms with Gasteiger partial charge in [-0.25, -0.2) is 4.68 Å². The highest BCUT2D eigenvalue weighted by molar-refractivity contribution is 5.93. The summed E-state index contributed by atoms with van der Waals surface area (Å²) in [5, 5.41) is 15.5. The first-order valence-electron chi connectivity index (χ1n) is 8.74. The van der Waals surface area contributed by atoms with E-state index < -0.39 is 0 Å². The van der Waals surface area contributed by atoms with Gasteiger partial charge in [-0.3, -0.25) is 9.48 Å². The summed E-state index contributed by atoms with van der Waals surface area (Å²) in [5.74, 6) is 0.103. The van der Waals surface area contributed by atoms with E-state index in [0.717, 1.165) is 23.4 Å². The number of nitrogens with one attached hydrogen (secondary N) is 1. The molecule has 2 aromatic heterocycles. The molecule has 136 valence electrons. The molecule has 0 aromatic carbocycles. The van der Waals surface area contributed by atoms with Gasteiger partial charge in [0.2, 0.25) is 0 Å². The van der Waals surface area contributed by atoms with E-state index in [4.69, 9.17) is 4.74 Å². The molecule has 1 aliphatic rings. The third-order valence-electron chi connectivity index (χ3n) is 5.01. The Morgan fingerprint density at radius 1 is 1.32 bits per heavy atom. The van der Waals surface area contributed by atoms with Crippen LogP contribution >= 0.6 is 0 Å². The van der Waals surface area contributed by atoms with Crippen molar-refractivity contribution in [3.8, 4) is 0 Å². The molecule has 2 aromatic rings. The molecule has 3 heterocycles. The van der Waals surface area contributed by atoms with Crippen molar-refractivity contribution in [1.82, 2.24) is 30.1 Å². The molecule has 3 rings (SSSR count). The highest BCUT2D eigenvalue weighted by Crippen LogP contribution is 2.37. The van der Waals surface area contributed by atoms with Gasteiger partial charge >= 0.3 is 0 Å². The van der Waals surface area contributed by atoms with Crippen LogP contribution in [-0.2, 0) is 18.3 Å². The number of ether oxygens (including phenoxy) is 1. The molecule has 1 amide bonds. The average Bonchev–Trinajstić information content (AvgIpc) is 3.24. The van der Waals surface area contributed by atoms with Crippen molar-refractivity contribution >= 4 is 5.91 Å². The maximum atomic E-state index is 12.6. The Morgan fingerprint density at radius 3 is 2.72 bits per heavy atom. The van der Waals surface area contributed by atoms with Gasteiger partial charge in [-0.15, -0.1) is 5.10 Å². The first-order chi connectivity index (χ1) is 11.9. The summed E-state index contributed by atoms with van der Waals surface area (Å²) in [6, 6.07) is 0. The van der Waals surface area contributed by atoms with E-state index in [1.54, 1.807) is 11.6 Å². The van der Waals surface area contributed by atoms with E-state index in [0.29, 0.717) is 31.1 Å². The van der Waals surface area contributed by atoms with Crippen LogP contribution in [0.4, 0.5) is 0 Å². The van der Waals surface area contributed by atoms with Crippen LogP contribution in [0.5, 0.6) is 0 Å². The molecule has 8 nitrogen and oxygen atoms in total. The van der Waals surface area contributed by atoms with E-state index in [2.05, 4.69) is 27.7 Å². The fourth-order valence-electron chi connectivity index (χ4n) is 3.57. The summed E-state index contributed by atoms with van der Waals surface area (Å²) < 4.78 is 9.50. The molecule has 2 atom stereocenters. The Morgan fingerprint density at radius 2 is 2.08 bits per heavy atom. The fraction of sp³-hybridized carbons (Fsp3) is 0.647. The van der Waals surface area contributed by atoms with Gasteiger partial charge in [0.15, 0.2) is 0 Å². The molecule has 1 aliphatic heterocycles. The van der Waals surface area contributed by atoms with Gasteiger partial charge in [-0.05, 0) is 34.1 Å². The van der Waals surface area contributed by atoms with Crippen molar-refractivity contribution in [2.45, 2.75) is 46.8 Å². The smallest absolute Gasteiger partial charge is 0.271 e. The molecule has 1 saturated heterocycles. The number of aromatic nitrogens is 5. The maximum Gasteiger partial charge on any atom is 0.271 e. The first-order valence-corrected chi connectivity index (χ1v) is 8.74. The lowest BCUT2D eigenvalue weighted by molar-refractivity contribution is 0.0835. The molecule has 8 heteroatoms. The molecule has 1 fully saturated rings. The summed E-state index contributed by atoms with van der Waals surface area (Å²) in [6.45, 7) is 9.69. The molecule has 0 bridgehead atoms. The van der Waals surface area contributed by atoms with Crippen molar-refractivity contribution in [3.05, 3.63) is 28.3 Å². The number of rotatable bonds is 5. The lowest BCUT2D eigenvalue weighted by Crippen LogP contribution is -2.32. The van der Waals surface area contributed by atoms with Gasteiger partial charge in [0, 0.05) is 43.9 Å². The number of carbonyl (C=O) groups is 1. The minimum absolute atomic E-state index is 0.0238. The Labute approximate surface area is 147 Å². The molecular weight excluding hydrogens is 320 g/mol. The van der Waals surface area contributed by atoms with E-state index in [1.807, 2.05) is 25.6 Å². The Hall–Kier alpha value is -2.22. The monoisotopic (exact) mass is 346 g/mol. The van der Waals surface area contributed by atoms with Crippen LogP contribution in [0, 0.1) is 26.7 Å². The van der Waals surface area contributed by atoms with Gasteiger partial charge in [0.1, 0.15) is 5.69 Å². The summed E-state index contributed by atoms with van der Waals surface area (Å²) in [4.78, 5) is 12.6. The standard InChI is InChI=1S/C17H26N6O2/c1-6-23-15(11(3)19-21-23)17(24)18-9-13-7-8-25-16(13)14-10(2)20-22(5)12(14)4/h13,16H,6-9H2,1-5H3,(H,18,24)/t13-,16+/m1/s1. The van der Waals surface area contributed by atoms with Crippen LogP contribution in [0.3, 0.4) is 0 Å². The number of carbonyl (C=O) groups excluding carboxylic acids is 1. The number of nitrogens with zero attached hydrogens (tertiary/aromatic N) is 5. The van der Waals surface area contributed by atoms with Crippen molar-refractivity contribution in [2.24, 2.45) is 13.0 Å². The van der Waals surface area contributed by atoms with Crippen molar-refractivity contribution in [3.63, 3.8) is 0 Å². The Balaban J connectivity index is 1.72. The Bertz CT molecular complexity index is 778. The third-order valence-corrected chi connectivity index (χ3v) is 5.01. The molecule has 0 unspecified atom stereocenters. The van der Waals surface area contributed by atoms with Crippen LogP contribution in [0.25, 0.3) is 0 Å². The second-order valence-corrected chi connectivity index (χ2v) is 6.60. The van der Waals surface area contributed by atoms with Gasteiger partial charge in [0.25, 0.3) is 5.91 Å². The van der Waals surface area contributed by atoms with Crippen LogP contribution in [0.15, 0.2) is 0 Å². The normalized spacial score (nSPS) is 20.2. The Kier molecular flexibility index (Phi) is 4.89. The molecular formula is C17H26N6O2. The highest BCUT2D eigenvalue weighted by atomic mass is 16.5. The van der Waals surface area contributed by atoms with Crippen LogP contribution in [0.2, 0.25) is 0 Å². The van der Waals surface area contributed by atoms with E-state index in [9.17, 15) is 4.79 Å². The van der Waals surface area contributed by atoms with Gasteiger partial charge in [0.05, 0.1) is 17.5 Å². The van der Waals surface area contributed by atoms with Gasteiger partial charge in [-0.2, -0.15) is 5.10 Å². The van der Waals surface area contributed by atoms with Gasteiger partial charge in [-0.1, -0.05) is 5.21 Å². The van der Waals surface area contributed by atoms with Crippen molar-refractivity contribution in [1.29, 1.82) is 0 Å². The largest absolute Gasteiger partial charge is 0.373 e. The summed E-state index contributed by atoms with van der Waals surface area (Å²) in [6.07, 6.45) is 0.896. The number of aryl methyl sites for hydroxylation is 4. The molecule has 25 heavy (non-hydrogen) atoms. The number of hydrogen-bond donors (Lipinski definition) is 1. The van der Waals surface area contributed by atoms with E-state index in [-0.39, 0.29) is 17.9 Å². The van der Waals surface area contributed by atoms with Crippen LogP contribution < -0.4 is 5.32 Å². The van der Waals surface area contributed by atoms with Crippen LogP contribution in [-0.4, -0.2) is 43.8 Å². The predicted molar refractivity (Wildman–Crippen MR) is 92.2 cm³/mol. The summed E-state index contributed by atoms with van der Waals surface area (Å²) in [5.41, 5.74) is 4.44. The van der Waals surface area contributed by atoms with Gasteiger partial charge < -0.3 is 10.1 Å². The fourth-order valence-corrected chi connectivity index (χ4v) is 3.57. The third kappa shape index (κ3) is 3.18. The maximum absolute atomic E-state index is 12.6. The molecule has 0 aliphatic carbocycles. The predicted octanol–water partition coefficient (Wildman–Crippen LogP) is 1.46. The number of hydrogen-bond acceptors (Lipinski definition) is 5. The lowest BCUT2D eigenvalue weighted by atomic mass is 9.94. The van der Waals surface area contributed by atoms with Crippen molar-refractivity contribution in [2.75, 3.05) is 13.2 Å². The zero-order chi connectivity index (χ0) is 18.1. The molecule has 0 spiro atoms. The quantitative estimate of drug-likeness (QED) is 0.886. The summed E-state index contributed by atoms with van der Waals surface area (Å²) >= 11 is 0. The zero-order valence-electron chi connectivity index (χ0n) is 15.5. The van der Waals surface area contributed by atoms with E-state index in [1.165, 1.54) is 0 Å². The molecule has 0 radical (unpaired) electrons. The van der Waals surface area contributed by atoms with Crippen molar-refractivity contribution < 1.29 is 9.53 Å². The van der Waals surface area contributed by atoms with Crippen LogP contribution in [0.1, 0.15) is 52.6 Å². The average molecular weight is 346 g/mol. The SMILES string of the molecule is CCn1nnc(C)c1C(=O)NC[C@H]1CCO[C@@H]1c1c(C)nn(C)c1C. The minimum Gasteiger partial charge on any atom is -0.373 e. The lowest BCUT2D eigenvalue weighted by Gasteiger charge is -2.20. The van der Waals surface area contributed by atoms with E-state index >= 15 is 0 Å². The highest BCUT2D eigenvalue weighted by Gasteiger charge is 2.34. The first kappa shape index (κ1) is 17.6. The number of amides is 1. The summed E-state index contributed by atoms with van der Waals surface area (Å²) in [7, 11) is 1.94. The second-order valence-electron chi connectivity index (χ2n) is 6.60. The minimum atomic E-state index is -0.130. The molecule has 1 N–H and O–H groups in total. The molecule has 0 saturated carbocycles.